The van der Waals surface area contributed by atoms with Crippen LogP contribution >= 0.6 is 0 Å². The van der Waals surface area contributed by atoms with Crippen LogP contribution in [0.2, 0.25) is 0 Å². The summed E-state index contributed by atoms with van der Waals surface area (Å²) in [5.41, 5.74) is 3.61. The van der Waals surface area contributed by atoms with Gasteiger partial charge in [0.15, 0.2) is 0 Å². The van der Waals surface area contributed by atoms with E-state index in [1.165, 1.54) is 17.0 Å². The van der Waals surface area contributed by atoms with Crippen molar-refractivity contribution in [3.05, 3.63) is 89.0 Å². The molecule has 31 heavy (non-hydrogen) atoms. The van der Waals surface area contributed by atoms with Gasteiger partial charge in [-0.3, -0.25) is 9.78 Å². The number of nitrogens with zero attached hydrogens (tertiary/aromatic N) is 4. The summed E-state index contributed by atoms with van der Waals surface area (Å²) in [5, 5.41) is 3.58. The first kappa shape index (κ1) is 19.5. The lowest BCUT2D eigenvalue weighted by Gasteiger charge is -2.32. The average Bonchev–Trinajstić information content (AvgIpc) is 3.20. The minimum Gasteiger partial charge on any atom is -0.339 e. The molecular formula is C22H18B2F2N4O. The van der Waals surface area contributed by atoms with Crippen LogP contribution in [-0.2, 0) is 11.9 Å². The van der Waals surface area contributed by atoms with Gasteiger partial charge in [-0.05, 0) is 48.9 Å². The van der Waals surface area contributed by atoms with Crippen molar-refractivity contribution in [1.29, 1.82) is 0 Å². The Bertz CT molecular complexity index is 1350. The van der Waals surface area contributed by atoms with E-state index in [9.17, 15) is 4.79 Å². The number of carbonyl (C=O) groups excluding carboxylic acids is 1. The normalized spacial score (nSPS) is 14.9. The third-order valence-electron chi connectivity index (χ3n) is 5.93. The highest BCUT2D eigenvalue weighted by molar-refractivity contribution is 6.42. The van der Waals surface area contributed by atoms with Gasteiger partial charge >= 0.3 is 0 Å². The van der Waals surface area contributed by atoms with Crippen LogP contribution in [0.4, 0.5) is 8.78 Å². The minimum absolute atomic E-state index is 0.144. The lowest BCUT2D eigenvalue weighted by molar-refractivity contribution is 0.0727. The fraction of sp³-hybridized carbons (Fsp3) is 0.136. The SMILES string of the molecule is BC1(B)c2ncccc2C(=O)N1Cc1c(F)cc(-c2cccn3nc(C)cc23)cc1F. The van der Waals surface area contributed by atoms with Gasteiger partial charge in [-0.15, -0.1) is 0 Å². The molecule has 152 valence electrons. The smallest absolute Gasteiger partial charge is 0.255 e. The van der Waals surface area contributed by atoms with E-state index >= 15 is 8.78 Å². The molecular weight excluding hydrogens is 396 g/mol. The Kier molecular flexibility index (Phi) is 4.25. The van der Waals surface area contributed by atoms with E-state index in [1.807, 2.05) is 28.7 Å². The first-order valence-corrected chi connectivity index (χ1v) is 9.98. The van der Waals surface area contributed by atoms with Gasteiger partial charge in [-0.1, -0.05) is 6.07 Å². The second kappa shape index (κ2) is 6.77. The molecule has 0 saturated heterocycles. The van der Waals surface area contributed by atoms with Crippen molar-refractivity contribution < 1.29 is 13.6 Å². The summed E-state index contributed by atoms with van der Waals surface area (Å²) in [7, 11) is 3.66. The molecule has 4 aromatic rings. The largest absolute Gasteiger partial charge is 0.339 e. The summed E-state index contributed by atoms with van der Waals surface area (Å²) in [5.74, 6) is -1.67. The Hall–Kier alpha value is -3.48. The summed E-state index contributed by atoms with van der Waals surface area (Å²) in [6.45, 7) is 1.68. The zero-order valence-electron chi connectivity index (χ0n) is 17.4. The van der Waals surface area contributed by atoms with E-state index in [1.54, 1.807) is 41.2 Å². The van der Waals surface area contributed by atoms with Crippen LogP contribution in [0.3, 0.4) is 0 Å². The van der Waals surface area contributed by atoms with Crippen LogP contribution in [-0.4, -0.2) is 41.1 Å². The Morgan fingerprint density at radius 1 is 1.06 bits per heavy atom. The van der Waals surface area contributed by atoms with E-state index in [0.717, 1.165) is 11.2 Å². The van der Waals surface area contributed by atoms with Gasteiger partial charge < -0.3 is 4.90 Å². The quantitative estimate of drug-likeness (QED) is 0.483. The molecule has 0 bridgehead atoms. The van der Waals surface area contributed by atoms with Gasteiger partial charge in [-0.2, -0.15) is 5.10 Å². The van der Waals surface area contributed by atoms with Gasteiger partial charge in [0.05, 0.1) is 29.0 Å². The van der Waals surface area contributed by atoms with Gasteiger partial charge in [0, 0.05) is 28.9 Å². The number of carbonyl (C=O) groups is 1. The molecule has 1 aliphatic rings. The number of hydrogen-bond donors (Lipinski definition) is 0. The minimum atomic E-state index is -0.772. The molecule has 0 spiro atoms. The number of benzene rings is 1. The summed E-state index contributed by atoms with van der Waals surface area (Å²) in [6.07, 6.45) is 3.41. The number of halogens is 2. The van der Waals surface area contributed by atoms with Crippen LogP contribution < -0.4 is 0 Å². The number of aryl methyl sites for hydroxylation is 1. The summed E-state index contributed by atoms with van der Waals surface area (Å²) in [4.78, 5) is 18.7. The molecule has 4 heterocycles. The van der Waals surface area contributed by atoms with Gasteiger partial charge in [0.2, 0.25) is 0 Å². The Balaban J connectivity index is 1.55. The van der Waals surface area contributed by atoms with Crippen LogP contribution in [0.25, 0.3) is 16.6 Å². The van der Waals surface area contributed by atoms with Crippen molar-refractivity contribution in [2.24, 2.45) is 0 Å². The second-order valence-corrected chi connectivity index (χ2v) is 8.31. The number of fused-ring (bicyclic) bond motifs is 2. The van der Waals surface area contributed by atoms with Crippen LogP contribution in [0.15, 0.2) is 54.9 Å². The standard InChI is InChI=1S/C22H18B2F2N4O/c1-12-8-19-14(5-3-7-30(19)28-12)13-9-17(25)16(18(26)10-13)11-29-21(31)15-4-2-6-27-20(15)22(29,23)24/h2-10H,11,23-24H2,1H3. The van der Waals surface area contributed by atoms with Gasteiger partial charge in [0.1, 0.15) is 27.3 Å². The molecule has 5 nitrogen and oxygen atoms in total. The van der Waals surface area contributed by atoms with Crippen molar-refractivity contribution in [3.8, 4) is 11.1 Å². The fourth-order valence-electron chi connectivity index (χ4n) is 4.31. The first-order valence-electron chi connectivity index (χ1n) is 9.98. The Morgan fingerprint density at radius 3 is 2.48 bits per heavy atom. The molecule has 0 radical (unpaired) electrons. The molecule has 1 amide bonds. The van der Waals surface area contributed by atoms with Crippen LogP contribution in [0.1, 0.15) is 27.3 Å². The highest BCUT2D eigenvalue weighted by Gasteiger charge is 2.44. The number of aromatic nitrogens is 3. The third-order valence-corrected chi connectivity index (χ3v) is 5.93. The molecule has 3 aromatic heterocycles. The van der Waals surface area contributed by atoms with E-state index < -0.39 is 17.0 Å². The Labute approximate surface area is 179 Å². The zero-order valence-corrected chi connectivity index (χ0v) is 17.4. The number of pyridine rings is 2. The predicted molar refractivity (Wildman–Crippen MR) is 118 cm³/mol. The summed E-state index contributed by atoms with van der Waals surface area (Å²) in [6, 6.07) is 11.5. The van der Waals surface area contributed by atoms with Crippen molar-refractivity contribution in [2.75, 3.05) is 0 Å². The monoisotopic (exact) mass is 414 g/mol. The number of hydrogen-bond acceptors (Lipinski definition) is 3. The highest BCUT2D eigenvalue weighted by atomic mass is 19.1. The maximum atomic E-state index is 15.1. The lowest BCUT2D eigenvalue weighted by atomic mass is 9.59. The first-order chi connectivity index (χ1) is 14.8. The van der Waals surface area contributed by atoms with E-state index in [2.05, 4.69) is 10.1 Å². The highest BCUT2D eigenvalue weighted by Crippen LogP contribution is 2.36. The van der Waals surface area contributed by atoms with Crippen molar-refractivity contribution in [2.45, 2.75) is 18.8 Å². The molecule has 0 fully saturated rings. The number of rotatable bonds is 3. The molecule has 0 atom stereocenters. The number of amides is 1. The van der Waals surface area contributed by atoms with E-state index in [4.69, 9.17) is 0 Å². The van der Waals surface area contributed by atoms with E-state index in [0.29, 0.717) is 22.4 Å². The lowest BCUT2D eigenvalue weighted by Crippen LogP contribution is -2.45. The molecule has 0 N–H and O–H groups in total. The molecule has 5 rings (SSSR count). The maximum Gasteiger partial charge on any atom is 0.255 e. The molecule has 1 aliphatic heterocycles. The van der Waals surface area contributed by atoms with Crippen LogP contribution in [0, 0.1) is 18.6 Å². The maximum absolute atomic E-state index is 15.1. The van der Waals surface area contributed by atoms with Crippen LogP contribution in [0.5, 0.6) is 0 Å². The van der Waals surface area contributed by atoms with Gasteiger partial charge in [-0.25, -0.2) is 13.3 Å². The zero-order chi connectivity index (χ0) is 21.9. The Morgan fingerprint density at radius 2 is 1.77 bits per heavy atom. The van der Waals surface area contributed by atoms with Crippen molar-refractivity contribution in [3.63, 3.8) is 0 Å². The summed E-state index contributed by atoms with van der Waals surface area (Å²) < 4.78 is 32.0. The molecule has 1 aromatic carbocycles. The predicted octanol–water partition coefficient (Wildman–Crippen LogP) is 2.02. The fourth-order valence-corrected chi connectivity index (χ4v) is 4.31. The second-order valence-electron chi connectivity index (χ2n) is 8.31. The molecule has 0 unspecified atom stereocenters. The molecule has 9 heteroatoms. The topological polar surface area (TPSA) is 50.5 Å². The average molecular weight is 414 g/mol. The van der Waals surface area contributed by atoms with Gasteiger partial charge in [0.25, 0.3) is 5.91 Å². The third kappa shape index (κ3) is 2.95. The van der Waals surface area contributed by atoms with Crippen molar-refractivity contribution >= 4 is 27.1 Å². The molecule has 0 saturated carbocycles. The summed E-state index contributed by atoms with van der Waals surface area (Å²) >= 11 is 0. The molecule has 0 aliphatic carbocycles. The van der Waals surface area contributed by atoms with E-state index in [-0.39, 0.29) is 18.0 Å². The van der Waals surface area contributed by atoms with Crippen molar-refractivity contribution in [1.82, 2.24) is 19.5 Å².